The summed E-state index contributed by atoms with van der Waals surface area (Å²) in [5, 5.41) is 10.3. The van der Waals surface area contributed by atoms with Gasteiger partial charge in [-0.25, -0.2) is 4.79 Å². The van der Waals surface area contributed by atoms with Crippen molar-refractivity contribution in [2.75, 3.05) is 0 Å². The van der Waals surface area contributed by atoms with E-state index in [2.05, 4.69) is 0 Å². The normalized spacial score (nSPS) is 11.9. The monoisotopic (exact) mass is 410 g/mol. The third kappa shape index (κ3) is 5.52. The van der Waals surface area contributed by atoms with Crippen LogP contribution in [0.1, 0.15) is 30.9 Å². The number of halogens is 1. The van der Waals surface area contributed by atoms with Crippen molar-refractivity contribution in [1.82, 2.24) is 0 Å². The van der Waals surface area contributed by atoms with Crippen LogP contribution in [0.2, 0.25) is 5.02 Å². The fourth-order valence-corrected chi connectivity index (χ4v) is 3.21. The Labute approximate surface area is 175 Å². The molecular weight excluding hydrogens is 388 g/mol. The highest BCUT2D eigenvalue weighted by Gasteiger charge is 2.24. The largest absolute Gasteiger partial charge is 0.478 e. The van der Waals surface area contributed by atoms with Crippen molar-refractivity contribution in [2.24, 2.45) is 0 Å². The van der Waals surface area contributed by atoms with E-state index in [0.29, 0.717) is 27.8 Å². The van der Waals surface area contributed by atoms with Crippen LogP contribution in [0.3, 0.4) is 0 Å². The highest BCUT2D eigenvalue weighted by atomic mass is 35.5. The summed E-state index contributed by atoms with van der Waals surface area (Å²) in [6, 6.07) is 22.0. The molecule has 3 aromatic carbocycles. The van der Waals surface area contributed by atoms with E-state index in [9.17, 15) is 9.90 Å². The molecule has 0 saturated carbocycles. The van der Waals surface area contributed by atoms with Crippen molar-refractivity contribution in [3.8, 4) is 17.2 Å². The second kappa shape index (κ2) is 9.48. The first-order valence-corrected chi connectivity index (χ1v) is 9.81. The summed E-state index contributed by atoms with van der Waals surface area (Å²) in [5.41, 5.74) is 1.63. The quantitative estimate of drug-likeness (QED) is 0.471. The average Bonchev–Trinajstić information content (AvgIpc) is 2.70. The smallest absolute Gasteiger partial charge is 0.345 e. The molecule has 0 aliphatic carbocycles. The molecule has 0 bridgehead atoms. The number of rotatable bonds is 8. The van der Waals surface area contributed by atoms with Gasteiger partial charge in [0.05, 0.1) is 0 Å². The molecule has 0 aliphatic heterocycles. The minimum Gasteiger partial charge on any atom is -0.478 e. The van der Waals surface area contributed by atoms with Crippen molar-refractivity contribution in [2.45, 2.75) is 32.3 Å². The summed E-state index contributed by atoms with van der Waals surface area (Å²) in [7, 11) is 0. The lowest BCUT2D eigenvalue weighted by Gasteiger charge is -2.20. The van der Waals surface area contributed by atoms with E-state index in [1.54, 1.807) is 24.3 Å². The zero-order chi connectivity index (χ0) is 20.8. The van der Waals surface area contributed by atoms with Crippen LogP contribution in [0.4, 0.5) is 0 Å². The van der Waals surface area contributed by atoms with Gasteiger partial charge in [-0.05, 0) is 47.9 Å². The first-order chi connectivity index (χ1) is 13.9. The Morgan fingerprint density at radius 3 is 2.34 bits per heavy atom. The average molecular weight is 411 g/mol. The Hall–Kier alpha value is -2.98. The lowest BCUT2D eigenvalue weighted by molar-refractivity contribution is -0.145. The molecule has 0 radical (unpaired) electrons. The summed E-state index contributed by atoms with van der Waals surface area (Å²) in [6.07, 6.45) is -0.962. The minimum atomic E-state index is -1.08. The van der Waals surface area contributed by atoms with Gasteiger partial charge in [-0.2, -0.15) is 0 Å². The second-order valence-corrected chi connectivity index (χ2v) is 7.44. The maximum Gasteiger partial charge on any atom is 0.345 e. The van der Waals surface area contributed by atoms with Crippen LogP contribution < -0.4 is 9.47 Å². The molecule has 150 valence electrons. The molecule has 5 heteroatoms. The first-order valence-electron chi connectivity index (χ1n) is 9.43. The van der Waals surface area contributed by atoms with E-state index in [0.717, 1.165) is 5.56 Å². The molecule has 0 fully saturated rings. The zero-order valence-corrected chi connectivity index (χ0v) is 17.1. The topological polar surface area (TPSA) is 55.8 Å². The second-order valence-electron chi connectivity index (χ2n) is 7.01. The molecule has 0 amide bonds. The summed E-state index contributed by atoms with van der Waals surface area (Å²) in [6.45, 7) is 4.08. The van der Waals surface area contributed by atoms with Gasteiger partial charge in [-0.3, -0.25) is 0 Å². The standard InChI is InChI=1S/C24H23ClO4/c1-16(2)20-10-6-7-11-22(20)29-23(24(26)27)15-17-14-18(25)12-13-21(17)28-19-8-4-3-5-9-19/h3-14,16,23H,15H2,1-2H3,(H,26,27)/t23-/m1/s1. The molecule has 4 nitrogen and oxygen atoms in total. The molecule has 0 aliphatic rings. The highest BCUT2D eigenvalue weighted by molar-refractivity contribution is 6.30. The van der Waals surface area contributed by atoms with Crippen LogP contribution in [0.5, 0.6) is 17.2 Å². The Morgan fingerprint density at radius 1 is 0.966 bits per heavy atom. The molecule has 0 aromatic heterocycles. The van der Waals surface area contributed by atoms with Gasteiger partial charge in [0.15, 0.2) is 6.10 Å². The van der Waals surface area contributed by atoms with E-state index in [-0.39, 0.29) is 12.3 Å². The lowest BCUT2D eigenvalue weighted by atomic mass is 10.0. The number of carboxylic acid groups (broad SMARTS) is 1. The van der Waals surface area contributed by atoms with Crippen LogP contribution >= 0.6 is 11.6 Å². The number of ether oxygens (including phenoxy) is 2. The maximum atomic E-state index is 11.9. The van der Waals surface area contributed by atoms with Crippen molar-refractivity contribution in [3.63, 3.8) is 0 Å². The summed E-state index contributed by atoms with van der Waals surface area (Å²) < 4.78 is 11.9. The van der Waals surface area contributed by atoms with Crippen molar-refractivity contribution < 1.29 is 19.4 Å². The number of carbonyl (C=O) groups is 1. The zero-order valence-electron chi connectivity index (χ0n) is 16.3. The predicted octanol–water partition coefficient (Wildman–Crippen LogP) is 6.33. The summed E-state index contributed by atoms with van der Waals surface area (Å²) in [4.78, 5) is 11.9. The molecule has 0 saturated heterocycles. The number of carboxylic acids is 1. The molecule has 29 heavy (non-hydrogen) atoms. The Balaban J connectivity index is 1.88. The molecule has 0 heterocycles. The molecular formula is C24H23ClO4. The number of hydrogen-bond acceptors (Lipinski definition) is 3. The van der Waals surface area contributed by atoms with E-state index in [1.807, 2.05) is 62.4 Å². The molecule has 3 rings (SSSR count). The Bertz CT molecular complexity index is 970. The van der Waals surface area contributed by atoms with Gasteiger partial charge in [0.25, 0.3) is 0 Å². The Kier molecular flexibility index (Phi) is 6.78. The van der Waals surface area contributed by atoms with Crippen LogP contribution in [0.25, 0.3) is 0 Å². The third-order valence-corrected chi connectivity index (χ3v) is 4.72. The molecule has 0 spiro atoms. The number of para-hydroxylation sites is 2. The maximum absolute atomic E-state index is 11.9. The number of aliphatic carboxylic acids is 1. The molecule has 1 atom stereocenters. The van der Waals surface area contributed by atoms with Crippen molar-refractivity contribution in [3.05, 3.63) is 88.9 Å². The number of benzene rings is 3. The van der Waals surface area contributed by atoms with Gasteiger partial charge in [0.1, 0.15) is 17.2 Å². The summed E-state index contributed by atoms with van der Waals surface area (Å²) in [5.74, 6) is 0.946. The third-order valence-electron chi connectivity index (χ3n) is 4.48. The van der Waals surface area contributed by atoms with Crippen molar-refractivity contribution >= 4 is 17.6 Å². The van der Waals surface area contributed by atoms with Gasteiger partial charge in [0, 0.05) is 17.0 Å². The predicted molar refractivity (Wildman–Crippen MR) is 114 cm³/mol. The lowest BCUT2D eigenvalue weighted by Crippen LogP contribution is -2.30. The van der Waals surface area contributed by atoms with Crippen LogP contribution in [-0.4, -0.2) is 17.2 Å². The van der Waals surface area contributed by atoms with Crippen LogP contribution in [0, 0.1) is 0 Å². The number of hydrogen-bond donors (Lipinski definition) is 1. The SMILES string of the molecule is CC(C)c1ccccc1O[C@H](Cc1cc(Cl)ccc1Oc1ccccc1)C(=O)O. The van der Waals surface area contributed by atoms with Crippen molar-refractivity contribution in [1.29, 1.82) is 0 Å². The van der Waals surface area contributed by atoms with Crippen LogP contribution in [0.15, 0.2) is 72.8 Å². The minimum absolute atomic E-state index is 0.116. The van der Waals surface area contributed by atoms with E-state index < -0.39 is 12.1 Å². The molecule has 3 aromatic rings. The van der Waals surface area contributed by atoms with Gasteiger partial charge < -0.3 is 14.6 Å². The fraction of sp³-hybridized carbons (Fsp3) is 0.208. The van der Waals surface area contributed by atoms with E-state index in [4.69, 9.17) is 21.1 Å². The summed E-state index contributed by atoms with van der Waals surface area (Å²) >= 11 is 6.17. The van der Waals surface area contributed by atoms with Crippen LogP contribution in [-0.2, 0) is 11.2 Å². The Morgan fingerprint density at radius 2 is 1.66 bits per heavy atom. The van der Waals surface area contributed by atoms with E-state index >= 15 is 0 Å². The van der Waals surface area contributed by atoms with Gasteiger partial charge in [-0.15, -0.1) is 0 Å². The van der Waals surface area contributed by atoms with Gasteiger partial charge in [0.2, 0.25) is 0 Å². The fourth-order valence-electron chi connectivity index (χ4n) is 3.02. The highest BCUT2D eigenvalue weighted by Crippen LogP contribution is 2.31. The molecule has 1 N–H and O–H groups in total. The van der Waals surface area contributed by atoms with Gasteiger partial charge in [-0.1, -0.05) is 61.8 Å². The van der Waals surface area contributed by atoms with Gasteiger partial charge >= 0.3 is 5.97 Å². The molecule has 0 unspecified atom stereocenters. The van der Waals surface area contributed by atoms with E-state index in [1.165, 1.54) is 0 Å². The first kappa shape index (κ1) is 20.7.